The lowest BCUT2D eigenvalue weighted by atomic mass is 10.1. The number of rotatable bonds is 8. The van der Waals surface area contributed by atoms with E-state index in [-0.39, 0.29) is 5.91 Å². The minimum atomic E-state index is 0.0851. The van der Waals surface area contributed by atoms with Crippen molar-refractivity contribution in [1.29, 1.82) is 0 Å². The van der Waals surface area contributed by atoms with Crippen molar-refractivity contribution in [2.75, 3.05) is 45.8 Å². The zero-order chi connectivity index (χ0) is 23.8. The molecule has 1 fully saturated rings. The van der Waals surface area contributed by atoms with Crippen LogP contribution in [0.2, 0.25) is 10.0 Å². The molecule has 0 atom stereocenters. The Labute approximate surface area is 208 Å². The Bertz CT molecular complexity index is 927. The third kappa shape index (κ3) is 6.95. The first-order valence-corrected chi connectivity index (χ1v) is 12.6. The highest BCUT2D eigenvalue weighted by atomic mass is 35.5. The summed E-state index contributed by atoms with van der Waals surface area (Å²) in [4.78, 5) is 24.6. The summed E-state index contributed by atoms with van der Waals surface area (Å²) in [7, 11) is 0. The number of amidine groups is 1. The van der Waals surface area contributed by atoms with Gasteiger partial charge < -0.3 is 14.7 Å². The lowest BCUT2D eigenvalue weighted by Gasteiger charge is -2.36. The molecule has 2 aromatic rings. The minimum Gasteiger partial charge on any atom is -0.354 e. The SMILES string of the molecule is CCCN(CCC)C(=O)c1ccc(/C(=N/c2cc(Cl)cc(Cl)c2)N2CCN(CC)CC2)cc1. The van der Waals surface area contributed by atoms with E-state index in [0.717, 1.165) is 75.7 Å². The van der Waals surface area contributed by atoms with E-state index in [2.05, 4.69) is 30.6 Å². The van der Waals surface area contributed by atoms with Crippen molar-refractivity contribution in [1.82, 2.24) is 14.7 Å². The maximum absolute atomic E-state index is 13.0. The van der Waals surface area contributed by atoms with Crippen LogP contribution in [0.5, 0.6) is 0 Å². The largest absolute Gasteiger partial charge is 0.354 e. The van der Waals surface area contributed by atoms with Gasteiger partial charge in [-0.25, -0.2) is 4.99 Å². The number of benzene rings is 2. The molecule has 1 aliphatic rings. The average molecular weight is 489 g/mol. The molecule has 5 nitrogen and oxygen atoms in total. The van der Waals surface area contributed by atoms with Crippen molar-refractivity contribution in [3.05, 3.63) is 63.6 Å². The van der Waals surface area contributed by atoms with Gasteiger partial charge in [-0.15, -0.1) is 0 Å². The predicted octanol–water partition coefficient (Wildman–Crippen LogP) is 5.97. The van der Waals surface area contributed by atoms with Crippen LogP contribution < -0.4 is 0 Å². The quantitative estimate of drug-likeness (QED) is 0.339. The van der Waals surface area contributed by atoms with E-state index in [4.69, 9.17) is 28.2 Å². The third-order valence-electron chi connectivity index (χ3n) is 5.87. The zero-order valence-electron chi connectivity index (χ0n) is 19.9. The standard InChI is InChI=1S/C26H34Cl2N4O/c1-4-11-32(12-5-2)26(33)21-9-7-20(8-10-21)25(31-15-13-30(6-3)14-16-31)29-24-18-22(27)17-23(28)19-24/h7-10,17-19H,4-6,11-16H2,1-3H3/b29-25-. The van der Waals surface area contributed by atoms with Crippen LogP contribution in [0, 0.1) is 0 Å². The number of carbonyl (C=O) groups excluding carboxylic acids is 1. The predicted molar refractivity (Wildman–Crippen MR) is 139 cm³/mol. The summed E-state index contributed by atoms with van der Waals surface area (Å²) < 4.78 is 0. The lowest BCUT2D eigenvalue weighted by Crippen LogP contribution is -2.48. The van der Waals surface area contributed by atoms with E-state index in [0.29, 0.717) is 15.6 Å². The highest BCUT2D eigenvalue weighted by Gasteiger charge is 2.21. The van der Waals surface area contributed by atoms with Crippen molar-refractivity contribution in [3.63, 3.8) is 0 Å². The van der Waals surface area contributed by atoms with Gasteiger partial charge in [0, 0.05) is 60.4 Å². The molecule has 0 aliphatic carbocycles. The van der Waals surface area contributed by atoms with Gasteiger partial charge in [0.25, 0.3) is 5.91 Å². The van der Waals surface area contributed by atoms with Crippen LogP contribution in [-0.2, 0) is 0 Å². The summed E-state index contributed by atoms with van der Waals surface area (Å²) >= 11 is 12.4. The monoisotopic (exact) mass is 488 g/mol. The Morgan fingerprint density at radius 3 is 1.94 bits per heavy atom. The second-order valence-corrected chi connectivity index (χ2v) is 9.23. The number of amides is 1. The highest BCUT2D eigenvalue weighted by molar-refractivity contribution is 6.35. The van der Waals surface area contributed by atoms with E-state index in [1.165, 1.54) is 0 Å². The Morgan fingerprint density at radius 2 is 1.42 bits per heavy atom. The molecule has 178 valence electrons. The molecule has 0 spiro atoms. The third-order valence-corrected chi connectivity index (χ3v) is 6.30. The number of halogens is 2. The topological polar surface area (TPSA) is 39.2 Å². The van der Waals surface area contributed by atoms with Crippen LogP contribution in [0.1, 0.15) is 49.5 Å². The van der Waals surface area contributed by atoms with Crippen molar-refractivity contribution >= 4 is 40.6 Å². The number of carbonyl (C=O) groups is 1. The highest BCUT2D eigenvalue weighted by Crippen LogP contribution is 2.26. The van der Waals surface area contributed by atoms with Gasteiger partial charge in [0.05, 0.1) is 5.69 Å². The summed E-state index contributed by atoms with van der Waals surface area (Å²) in [5, 5.41) is 1.12. The molecule has 3 rings (SSSR count). The van der Waals surface area contributed by atoms with Crippen LogP contribution >= 0.6 is 23.2 Å². The summed E-state index contributed by atoms with van der Waals surface area (Å²) in [5.41, 5.74) is 2.41. The Balaban J connectivity index is 1.92. The van der Waals surface area contributed by atoms with E-state index < -0.39 is 0 Å². The number of hydrogen-bond donors (Lipinski definition) is 0. The van der Waals surface area contributed by atoms with Crippen LogP contribution in [0.4, 0.5) is 5.69 Å². The van der Waals surface area contributed by atoms with E-state index >= 15 is 0 Å². The second-order valence-electron chi connectivity index (χ2n) is 8.35. The van der Waals surface area contributed by atoms with Crippen molar-refractivity contribution < 1.29 is 4.79 Å². The van der Waals surface area contributed by atoms with Gasteiger partial charge in [0.1, 0.15) is 5.84 Å². The first kappa shape index (κ1) is 25.5. The summed E-state index contributed by atoms with van der Waals surface area (Å²) in [6.07, 6.45) is 1.90. The van der Waals surface area contributed by atoms with E-state index in [1.807, 2.05) is 41.3 Å². The molecule has 1 heterocycles. The van der Waals surface area contributed by atoms with Crippen LogP contribution in [0.3, 0.4) is 0 Å². The fourth-order valence-electron chi connectivity index (χ4n) is 4.12. The molecule has 33 heavy (non-hydrogen) atoms. The smallest absolute Gasteiger partial charge is 0.253 e. The molecule has 0 aromatic heterocycles. The summed E-state index contributed by atoms with van der Waals surface area (Å²) in [6, 6.07) is 13.2. The number of aliphatic imine (C=N–C) groups is 1. The molecular weight excluding hydrogens is 455 g/mol. The van der Waals surface area contributed by atoms with Gasteiger partial charge in [-0.05, 0) is 49.7 Å². The van der Waals surface area contributed by atoms with Gasteiger partial charge in [-0.2, -0.15) is 0 Å². The Kier molecular flexibility index (Phi) is 9.60. The second kappa shape index (κ2) is 12.4. The molecule has 1 amide bonds. The Hall–Kier alpha value is -2.08. The fraction of sp³-hybridized carbons (Fsp3) is 0.462. The maximum atomic E-state index is 13.0. The lowest BCUT2D eigenvalue weighted by molar-refractivity contribution is 0.0755. The Morgan fingerprint density at radius 1 is 0.879 bits per heavy atom. The van der Waals surface area contributed by atoms with Crippen molar-refractivity contribution in [3.8, 4) is 0 Å². The first-order valence-electron chi connectivity index (χ1n) is 11.9. The van der Waals surface area contributed by atoms with Gasteiger partial charge in [0.15, 0.2) is 0 Å². The molecule has 0 N–H and O–H groups in total. The first-order chi connectivity index (χ1) is 15.9. The number of nitrogens with zero attached hydrogens (tertiary/aromatic N) is 4. The van der Waals surface area contributed by atoms with Crippen molar-refractivity contribution in [2.45, 2.75) is 33.6 Å². The molecule has 0 radical (unpaired) electrons. The maximum Gasteiger partial charge on any atom is 0.253 e. The van der Waals surface area contributed by atoms with Gasteiger partial charge in [-0.3, -0.25) is 4.79 Å². The molecule has 2 aromatic carbocycles. The number of hydrogen-bond acceptors (Lipinski definition) is 3. The summed E-state index contributed by atoms with van der Waals surface area (Å²) in [5.74, 6) is 0.962. The molecule has 0 unspecified atom stereocenters. The van der Waals surface area contributed by atoms with Gasteiger partial charge in [0.2, 0.25) is 0 Å². The average Bonchev–Trinajstić information content (AvgIpc) is 2.82. The van der Waals surface area contributed by atoms with Crippen LogP contribution in [-0.4, -0.2) is 72.3 Å². The van der Waals surface area contributed by atoms with E-state index in [9.17, 15) is 4.79 Å². The molecule has 7 heteroatoms. The summed E-state index contributed by atoms with van der Waals surface area (Å²) in [6.45, 7) is 12.8. The van der Waals surface area contributed by atoms with Crippen LogP contribution in [0.25, 0.3) is 0 Å². The molecule has 1 aliphatic heterocycles. The molecule has 0 saturated carbocycles. The van der Waals surface area contributed by atoms with E-state index in [1.54, 1.807) is 6.07 Å². The number of likely N-dealkylation sites (N-methyl/N-ethyl adjacent to an activating group) is 1. The zero-order valence-corrected chi connectivity index (χ0v) is 21.4. The van der Waals surface area contributed by atoms with Crippen molar-refractivity contribution in [2.24, 2.45) is 4.99 Å². The minimum absolute atomic E-state index is 0.0851. The van der Waals surface area contributed by atoms with Gasteiger partial charge in [-0.1, -0.05) is 56.1 Å². The molecular formula is C26H34Cl2N4O. The van der Waals surface area contributed by atoms with Crippen LogP contribution in [0.15, 0.2) is 47.5 Å². The fourth-order valence-corrected chi connectivity index (χ4v) is 4.63. The number of piperazine rings is 1. The molecule has 0 bridgehead atoms. The molecule has 1 saturated heterocycles. The van der Waals surface area contributed by atoms with Gasteiger partial charge >= 0.3 is 0 Å². The normalized spacial score (nSPS) is 15.1.